The van der Waals surface area contributed by atoms with Crippen molar-refractivity contribution < 1.29 is 0 Å². The first kappa shape index (κ1) is 29.1. The molecule has 0 N–H and O–H groups in total. The van der Waals surface area contributed by atoms with Crippen LogP contribution in [0.2, 0.25) is 0 Å². The highest BCUT2D eigenvalue weighted by Crippen LogP contribution is 2.45. The Morgan fingerprint density at radius 1 is 0.377 bits per heavy atom. The van der Waals surface area contributed by atoms with E-state index in [1.54, 1.807) is 0 Å². The predicted octanol–water partition coefficient (Wildman–Crippen LogP) is 12.9. The first-order chi connectivity index (χ1) is 26.0. The zero-order chi connectivity index (χ0) is 35.0. The van der Waals surface area contributed by atoms with E-state index in [-0.39, 0.29) is 5.41 Å². The minimum atomic E-state index is -0.130. The molecule has 0 heterocycles. The monoisotopic (exact) mass is 670 g/mol. The van der Waals surface area contributed by atoms with Gasteiger partial charge in [0.1, 0.15) is 0 Å². The van der Waals surface area contributed by atoms with Crippen LogP contribution in [0.5, 0.6) is 0 Å². The van der Waals surface area contributed by atoms with Gasteiger partial charge in [0.05, 0.1) is 0 Å². The minimum absolute atomic E-state index is 0.130. The summed E-state index contributed by atoms with van der Waals surface area (Å²) in [5.41, 5.74) is 7.72. The first-order valence-electron chi connectivity index (χ1n) is 18.7. The molecule has 0 spiro atoms. The molecule has 53 heavy (non-hydrogen) atoms. The van der Waals surface area contributed by atoms with Crippen molar-refractivity contribution in [2.75, 3.05) is 0 Å². The topological polar surface area (TPSA) is 0 Å². The average Bonchev–Trinajstić information content (AvgIpc) is 3.57. The van der Waals surface area contributed by atoms with Gasteiger partial charge in [-0.15, -0.1) is 0 Å². The van der Waals surface area contributed by atoms with Gasteiger partial charge in [0.25, 0.3) is 0 Å². The van der Waals surface area contributed by atoms with Crippen LogP contribution in [0.15, 0.2) is 169 Å². The van der Waals surface area contributed by atoms with Crippen LogP contribution >= 0.6 is 0 Å². The number of allylic oxidation sites excluding steroid dienone is 4. The van der Waals surface area contributed by atoms with Crippen molar-refractivity contribution in [3.05, 3.63) is 185 Å². The van der Waals surface area contributed by atoms with E-state index in [9.17, 15) is 0 Å². The fraction of sp³-hybridized carbons (Fsp3) is 0.0566. The number of fused-ring (bicyclic) bond motifs is 9. The highest BCUT2D eigenvalue weighted by atomic mass is 14.3. The molecule has 10 aromatic carbocycles. The van der Waals surface area contributed by atoms with Gasteiger partial charge in [-0.3, -0.25) is 0 Å². The molecule has 0 saturated carbocycles. The number of benzene rings is 10. The summed E-state index contributed by atoms with van der Waals surface area (Å²) in [6.45, 7) is 4.76. The molecule has 0 aliphatic heterocycles. The molecule has 0 nitrogen and oxygen atoms in total. The van der Waals surface area contributed by atoms with E-state index in [1.807, 2.05) is 0 Å². The molecule has 0 fully saturated rings. The zero-order valence-corrected chi connectivity index (χ0v) is 29.7. The van der Waals surface area contributed by atoms with Gasteiger partial charge >= 0.3 is 0 Å². The van der Waals surface area contributed by atoms with Gasteiger partial charge in [0, 0.05) is 5.41 Å². The first-order valence-corrected chi connectivity index (χ1v) is 18.7. The number of hydrogen-bond acceptors (Lipinski definition) is 0. The molecule has 0 bridgehead atoms. The highest BCUT2D eigenvalue weighted by Gasteiger charge is 2.31. The van der Waals surface area contributed by atoms with Crippen molar-refractivity contribution >= 4 is 92.6 Å². The number of rotatable bonds is 2. The van der Waals surface area contributed by atoms with Gasteiger partial charge in [-0.1, -0.05) is 147 Å². The predicted molar refractivity (Wildman–Crippen MR) is 229 cm³/mol. The molecule has 2 aliphatic carbocycles. The summed E-state index contributed by atoms with van der Waals surface area (Å²) in [6, 6.07) is 57.0. The third kappa shape index (κ3) is 4.07. The largest absolute Gasteiger partial charge is 0.0665 e. The summed E-state index contributed by atoms with van der Waals surface area (Å²) in [7, 11) is 0. The Labute approximate surface area is 307 Å². The summed E-state index contributed by atoms with van der Waals surface area (Å²) in [5, 5.41) is 21.1. The van der Waals surface area contributed by atoms with E-state index in [0.717, 1.165) is 0 Å². The van der Waals surface area contributed by atoms with Gasteiger partial charge in [0.2, 0.25) is 0 Å². The molecule has 0 aromatic heterocycles. The molecular weight excluding hydrogens is 637 g/mol. The molecule has 0 amide bonds. The van der Waals surface area contributed by atoms with E-state index in [0.29, 0.717) is 0 Å². The Kier molecular flexibility index (Phi) is 5.66. The SMILES string of the molecule is CC1(C)C=C(c2ccc3cc(-c4ccc5ccc6cccc7ccc4c5c67)ccc3c2)C=C2C=c3cc4c5ccccc5c5ccccc5c4cc3=C21. The van der Waals surface area contributed by atoms with Gasteiger partial charge in [-0.25, -0.2) is 0 Å². The van der Waals surface area contributed by atoms with Crippen LogP contribution in [0.1, 0.15) is 19.4 Å². The molecule has 0 radical (unpaired) electrons. The molecule has 246 valence electrons. The van der Waals surface area contributed by atoms with Gasteiger partial charge in [-0.2, -0.15) is 0 Å². The lowest BCUT2D eigenvalue weighted by molar-refractivity contribution is 0.647. The van der Waals surface area contributed by atoms with Crippen LogP contribution in [0.4, 0.5) is 0 Å². The summed E-state index contributed by atoms with van der Waals surface area (Å²) >= 11 is 0. The van der Waals surface area contributed by atoms with Crippen molar-refractivity contribution in [3.63, 3.8) is 0 Å². The summed E-state index contributed by atoms with van der Waals surface area (Å²) in [6.07, 6.45) is 7.33. The Balaban J connectivity index is 0.974. The fourth-order valence-corrected chi connectivity index (χ4v) is 9.95. The molecule has 0 atom stereocenters. The standard InChI is InChI=1S/C53H34/c1-53(2)30-40(27-39-26-38-28-48-44-12-5-3-10-42(44)43-11-4-6-13-45(43)49(48)29-47(38)52(39)53)36-17-16-35-25-37(19-18-34(35)24-36)41-22-20-33-15-14-31-8-7-9-32-21-23-46(41)51(33)50(31)32/h3-30H,1-2H3. The van der Waals surface area contributed by atoms with Gasteiger partial charge in [0.15, 0.2) is 0 Å². The summed E-state index contributed by atoms with van der Waals surface area (Å²) in [5.74, 6) is 0. The molecule has 2 aliphatic rings. The minimum Gasteiger partial charge on any atom is -0.0665 e. The number of hydrogen-bond donors (Lipinski definition) is 0. The van der Waals surface area contributed by atoms with E-state index in [1.165, 1.54) is 119 Å². The lowest BCUT2D eigenvalue weighted by atomic mass is 9.74. The third-order valence-corrected chi connectivity index (χ3v) is 12.3. The van der Waals surface area contributed by atoms with Crippen LogP contribution in [0, 0.1) is 5.41 Å². The summed E-state index contributed by atoms with van der Waals surface area (Å²) < 4.78 is 0. The Hall–Kier alpha value is -6.50. The molecule has 0 unspecified atom stereocenters. The highest BCUT2D eigenvalue weighted by molar-refractivity contribution is 6.26. The maximum absolute atomic E-state index is 2.48. The van der Waals surface area contributed by atoms with E-state index >= 15 is 0 Å². The summed E-state index contributed by atoms with van der Waals surface area (Å²) in [4.78, 5) is 0. The van der Waals surface area contributed by atoms with Crippen molar-refractivity contribution in [1.29, 1.82) is 0 Å². The van der Waals surface area contributed by atoms with E-state index in [2.05, 4.69) is 184 Å². The molecule has 0 saturated heterocycles. The Bertz CT molecular complexity index is 3440. The molecule has 10 aromatic rings. The van der Waals surface area contributed by atoms with Gasteiger partial charge in [-0.05, 0) is 156 Å². The van der Waals surface area contributed by atoms with E-state index in [4.69, 9.17) is 0 Å². The van der Waals surface area contributed by atoms with Crippen LogP contribution in [-0.4, -0.2) is 0 Å². The van der Waals surface area contributed by atoms with Crippen molar-refractivity contribution in [2.45, 2.75) is 13.8 Å². The Morgan fingerprint density at radius 3 is 1.66 bits per heavy atom. The van der Waals surface area contributed by atoms with E-state index < -0.39 is 0 Å². The molecular formula is C53H34. The smallest absolute Gasteiger partial charge is 0.00965 e. The Morgan fingerprint density at radius 2 is 0.943 bits per heavy atom. The molecule has 0 heteroatoms. The second kappa shape index (κ2) is 10.3. The van der Waals surface area contributed by atoms with Gasteiger partial charge < -0.3 is 0 Å². The van der Waals surface area contributed by atoms with Crippen LogP contribution in [0.3, 0.4) is 0 Å². The lowest BCUT2D eigenvalue weighted by Gasteiger charge is -2.30. The zero-order valence-electron chi connectivity index (χ0n) is 29.7. The second-order valence-corrected chi connectivity index (χ2v) is 15.8. The van der Waals surface area contributed by atoms with Crippen molar-refractivity contribution in [1.82, 2.24) is 0 Å². The fourth-order valence-electron chi connectivity index (χ4n) is 9.95. The normalized spacial score (nSPS) is 15.1. The average molecular weight is 671 g/mol. The van der Waals surface area contributed by atoms with Crippen LogP contribution in [-0.2, 0) is 0 Å². The van der Waals surface area contributed by atoms with Crippen LogP contribution in [0.25, 0.3) is 104 Å². The maximum Gasteiger partial charge on any atom is 0.00965 e. The maximum atomic E-state index is 2.48. The molecule has 12 rings (SSSR count). The second-order valence-electron chi connectivity index (χ2n) is 15.8. The van der Waals surface area contributed by atoms with Crippen molar-refractivity contribution in [3.8, 4) is 11.1 Å². The quantitative estimate of drug-likeness (QED) is 0.161. The van der Waals surface area contributed by atoms with Crippen LogP contribution < -0.4 is 10.4 Å². The third-order valence-electron chi connectivity index (χ3n) is 12.3. The van der Waals surface area contributed by atoms with Crippen molar-refractivity contribution in [2.24, 2.45) is 5.41 Å². The lowest BCUT2D eigenvalue weighted by Crippen LogP contribution is -2.28.